The predicted molar refractivity (Wildman–Crippen MR) is 85.1 cm³/mol. The van der Waals surface area contributed by atoms with Crippen molar-refractivity contribution in [1.82, 2.24) is 5.32 Å². The Labute approximate surface area is 133 Å². The Morgan fingerprint density at radius 3 is 1.95 bits per heavy atom. The third kappa shape index (κ3) is 4.45. The molecule has 2 fully saturated rings. The molecule has 2 aliphatic carbocycles. The van der Waals surface area contributed by atoms with Crippen LogP contribution in [0.2, 0.25) is 0 Å². The van der Waals surface area contributed by atoms with Crippen LogP contribution in [0.15, 0.2) is 0 Å². The maximum Gasteiger partial charge on any atom is 0.328 e. The Hall–Kier alpha value is -1.10. The van der Waals surface area contributed by atoms with Gasteiger partial charge in [-0.1, -0.05) is 38.5 Å². The van der Waals surface area contributed by atoms with Crippen molar-refractivity contribution in [2.45, 2.75) is 76.3 Å². The van der Waals surface area contributed by atoms with Gasteiger partial charge in [0.2, 0.25) is 5.91 Å². The molecule has 0 spiro atoms. The molecule has 126 valence electrons. The van der Waals surface area contributed by atoms with Gasteiger partial charge in [0.05, 0.1) is 13.2 Å². The first-order valence-corrected chi connectivity index (χ1v) is 8.77. The highest BCUT2D eigenvalue weighted by Crippen LogP contribution is 2.28. The first-order valence-electron chi connectivity index (χ1n) is 8.77. The highest BCUT2D eigenvalue weighted by molar-refractivity contribution is 5.87. The summed E-state index contributed by atoms with van der Waals surface area (Å²) in [6.07, 6.45) is 10.9. The van der Waals surface area contributed by atoms with E-state index in [1.807, 2.05) is 0 Å². The molecule has 2 aliphatic rings. The van der Waals surface area contributed by atoms with Crippen LogP contribution in [0.4, 0.5) is 0 Å². The number of rotatable bonds is 5. The van der Waals surface area contributed by atoms with Gasteiger partial charge in [0.15, 0.2) is 0 Å². The fourth-order valence-corrected chi connectivity index (χ4v) is 3.92. The number of esters is 1. The molecule has 0 saturated heterocycles. The van der Waals surface area contributed by atoms with Gasteiger partial charge in [-0.2, -0.15) is 0 Å². The van der Waals surface area contributed by atoms with Crippen molar-refractivity contribution in [3.63, 3.8) is 0 Å². The molecule has 2 rings (SSSR count). The van der Waals surface area contributed by atoms with Crippen molar-refractivity contribution in [2.24, 2.45) is 17.6 Å². The first kappa shape index (κ1) is 17.3. The van der Waals surface area contributed by atoms with Gasteiger partial charge < -0.3 is 15.8 Å². The number of amides is 1. The molecular formula is C17H30N2O3. The number of methoxy groups -OCH3 is 1. The summed E-state index contributed by atoms with van der Waals surface area (Å²) in [5, 5.41) is 2.90. The maximum atomic E-state index is 12.5. The third-order valence-corrected chi connectivity index (χ3v) is 5.33. The fraction of sp³-hybridized carbons (Fsp3) is 0.882. The van der Waals surface area contributed by atoms with E-state index in [2.05, 4.69) is 5.32 Å². The summed E-state index contributed by atoms with van der Waals surface area (Å²) in [6, 6.07) is -1.04. The van der Waals surface area contributed by atoms with E-state index in [4.69, 9.17) is 10.5 Å². The average Bonchev–Trinajstić information content (AvgIpc) is 2.59. The van der Waals surface area contributed by atoms with E-state index in [1.165, 1.54) is 20.0 Å². The van der Waals surface area contributed by atoms with Crippen LogP contribution in [0, 0.1) is 11.8 Å². The number of nitrogens with two attached hydrogens (primary N) is 1. The summed E-state index contributed by atoms with van der Waals surface area (Å²) < 4.78 is 4.90. The van der Waals surface area contributed by atoms with Crippen molar-refractivity contribution in [1.29, 1.82) is 0 Å². The smallest absolute Gasteiger partial charge is 0.328 e. The quantitative estimate of drug-likeness (QED) is 0.762. The monoisotopic (exact) mass is 310 g/mol. The van der Waals surface area contributed by atoms with Gasteiger partial charge in [-0.25, -0.2) is 4.79 Å². The second-order valence-electron chi connectivity index (χ2n) is 6.83. The molecule has 1 amide bonds. The fourth-order valence-electron chi connectivity index (χ4n) is 3.92. The van der Waals surface area contributed by atoms with E-state index in [1.54, 1.807) is 0 Å². The number of carbonyl (C=O) groups is 2. The van der Waals surface area contributed by atoms with E-state index < -0.39 is 12.1 Å². The van der Waals surface area contributed by atoms with Crippen LogP contribution in [0.1, 0.15) is 64.2 Å². The second-order valence-corrected chi connectivity index (χ2v) is 6.83. The number of ether oxygens (including phenoxy) is 1. The molecule has 0 unspecified atom stereocenters. The summed E-state index contributed by atoms with van der Waals surface area (Å²) in [4.78, 5) is 24.5. The zero-order chi connectivity index (χ0) is 15.9. The van der Waals surface area contributed by atoms with Gasteiger partial charge in [-0.15, -0.1) is 0 Å². The summed E-state index contributed by atoms with van der Waals surface area (Å²) in [5.41, 5.74) is 6.15. The Bertz CT molecular complexity index is 374. The lowest BCUT2D eigenvalue weighted by Crippen LogP contribution is -2.54. The van der Waals surface area contributed by atoms with Gasteiger partial charge in [0.25, 0.3) is 0 Å². The van der Waals surface area contributed by atoms with Crippen LogP contribution >= 0.6 is 0 Å². The minimum absolute atomic E-state index is 0.184. The number of hydrogen-bond acceptors (Lipinski definition) is 4. The Balaban J connectivity index is 1.95. The molecule has 0 radical (unpaired) electrons. The molecule has 5 nitrogen and oxygen atoms in total. The van der Waals surface area contributed by atoms with Gasteiger partial charge in [0, 0.05) is 0 Å². The molecule has 2 atom stereocenters. The third-order valence-electron chi connectivity index (χ3n) is 5.33. The second kappa shape index (κ2) is 8.51. The van der Waals surface area contributed by atoms with E-state index >= 15 is 0 Å². The molecule has 0 bridgehead atoms. The lowest BCUT2D eigenvalue weighted by Gasteiger charge is -2.32. The zero-order valence-corrected chi connectivity index (χ0v) is 13.7. The van der Waals surface area contributed by atoms with Crippen LogP contribution in [-0.4, -0.2) is 31.1 Å². The van der Waals surface area contributed by atoms with Crippen LogP contribution in [0.3, 0.4) is 0 Å². The van der Waals surface area contributed by atoms with Crippen molar-refractivity contribution < 1.29 is 14.3 Å². The van der Waals surface area contributed by atoms with E-state index in [0.29, 0.717) is 0 Å². The van der Waals surface area contributed by atoms with Gasteiger partial charge in [-0.3, -0.25) is 4.79 Å². The van der Waals surface area contributed by atoms with E-state index in [-0.39, 0.29) is 23.7 Å². The van der Waals surface area contributed by atoms with Crippen LogP contribution in [0.5, 0.6) is 0 Å². The molecule has 0 heterocycles. The Morgan fingerprint density at radius 1 is 0.955 bits per heavy atom. The molecule has 0 aliphatic heterocycles. The maximum absolute atomic E-state index is 12.5. The van der Waals surface area contributed by atoms with Crippen molar-refractivity contribution in [3.05, 3.63) is 0 Å². The minimum atomic E-state index is -0.535. The van der Waals surface area contributed by atoms with Crippen LogP contribution in [-0.2, 0) is 14.3 Å². The van der Waals surface area contributed by atoms with E-state index in [9.17, 15) is 9.59 Å². The predicted octanol–water partition coefficient (Wildman–Crippen LogP) is 2.13. The van der Waals surface area contributed by atoms with E-state index in [0.717, 1.165) is 51.4 Å². The molecule has 5 heteroatoms. The average molecular weight is 310 g/mol. The van der Waals surface area contributed by atoms with Gasteiger partial charge in [-0.05, 0) is 37.5 Å². The van der Waals surface area contributed by atoms with Gasteiger partial charge >= 0.3 is 5.97 Å². The highest BCUT2D eigenvalue weighted by Gasteiger charge is 2.34. The molecule has 0 aromatic rings. The summed E-state index contributed by atoms with van der Waals surface area (Å²) in [6.45, 7) is 0. The number of hydrogen-bond donors (Lipinski definition) is 2. The topological polar surface area (TPSA) is 81.4 Å². The first-order chi connectivity index (χ1) is 10.6. The summed E-state index contributed by atoms with van der Waals surface area (Å²) >= 11 is 0. The molecule has 0 aromatic heterocycles. The number of carbonyl (C=O) groups excluding carboxylic acids is 2. The SMILES string of the molecule is COC(=O)[C@@H](NC(=O)[C@@H](N)C1CCCCC1)C1CCCCC1. The van der Waals surface area contributed by atoms with Gasteiger partial charge in [0.1, 0.15) is 6.04 Å². The normalized spacial score (nSPS) is 23.5. The largest absolute Gasteiger partial charge is 0.467 e. The molecule has 22 heavy (non-hydrogen) atoms. The lowest BCUT2D eigenvalue weighted by molar-refractivity contribution is -0.147. The number of nitrogens with one attached hydrogen (secondary N) is 1. The molecule has 3 N–H and O–H groups in total. The van der Waals surface area contributed by atoms with Crippen molar-refractivity contribution in [3.8, 4) is 0 Å². The van der Waals surface area contributed by atoms with Crippen LogP contribution < -0.4 is 11.1 Å². The van der Waals surface area contributed by atoms with Crippen LogP contribution in [0.25, 0.3) is 0 Å². The lowest BCUT2D eigenvalue weighted by atomic mass is 9.82. The standard InChI is InChI=1S/C17H30N2O3/c1-22-17(21)15(13-10-6-3-7-11-13)19-16(20)14(18)12-8-4-2-5-9-12/h12-15H,2-11,18H2,1H3,(H,19,20)/t14-,15-/m0/s1. The Morgan fingerprint density at radius 2 is 1.45 bits per heavy atom. The Kier molecular flexibility index (Phi) is 6.68. The minimum Gasteiger partial charge on any atom is -0.467 e. The molecule has 0 aromatic carbocycles. The summed E-state index contributed by atoms with van der Waals surface area (Å²) in [5.74, 6) is -0.0916. The van der Waals surface area contributed by atoms with Crippen molar-refractivity contribution in [2.75, 3.05) is 7.11 Å². The summed E-state index contributed by atoms with van der Waals surface area (Å²) in [7, 11) is 1.38. The van der Waals surface area contributed by atoms with Crippen molar-refractivity contribution >= 4 is 11.9 Å². The molecular weight excluding hydrogens is 280 g/mol. The zero-order valence-electron chi connectivity index (χ0n) is 13.7. The highest BCUT2D eigenvalue weighted by atomic mass is 16.5. The molecule has 2 saturated carbocycles.